The predicted molar refractivity (Wildman–Crippen MR) is 67.9 cm³/mol. The zero-order chi connectivity index (χ0) is 12.7. The predicted octanol–water partition coefficient (Wildman–Crippen LogP) is 2.39. The number of aryl methyl sites for hydroxylation is 1. The minimum absolute atomic E-state index is 0.265. The summed E-state index contributed by atoms with van der Waals surface area (Å²) in [7, 11) is 1.39. The molecule has 0 bridgehead atoms. The summed E-state index contributed by atoms with van der Waals surface area (Å²) < 4.78 is 4.68. The molecule has 0 aromatic carbocycles. The van der Waals surface area contributed by atoms with Crippen molar-refractivity contribution in [1.82, 2.24) is 9.97 Å². The van der Waals surface area contributed by atoms with Crippen molar-refractivity contribution in [3.8, 4) is 0 Å². The van der Waals surface area contributed by atoms with Crippen LogP contribution in [0.5, 0.6) is 0 Å². The Kier molecular flexibility index (Phi) is 5.69. The van der Waals surface area contributed by atoms with E-state index in [1.807, 2.05) is 26.0 Å². The van der Waals surface area contributed by atoms with Crippen LogP contribution in [0.3, 0.4) is 0 Å². The van der Waals surface area contributed by atoms with Crippen LogP contribution >= 0.6 is 11.8 Å². The maximum Gasteiger partial charge on any atom is 0.333 e. The van der Waals surface area contributed by atoms with E-state index in [1.165, 1.54) is 18.9 Å². The second-order valence-corrected chi connectivity index (χ2v) is 4.35. The monoisotopic (exact) mass is 252 g/mol. The second-order valence-electron chi connectivity index (χ2n) is 3.37. The zero-order valence-corrected chi connectivity index (χ0v) is 11.1. The third kappa shape index (κ3) is 4.56. The lowest BCUT2D eigenvalue weighted by Crippen LogP contribution is -2.04. The highest BCUT2D eigenvalue weighted by atomic mass is 32.2. The molecule has 1 aromatic heterocycles. The second kappa shape index (κ2) is 7.06. The summed E-state index contributed by atoms with van der Waals surface area (Å²) in [5.41, 5.74) is 1.63. The zero-order valence-electron chi connectivity index (χ0n) is 10.3. The quantitative estimate of drug-likeness (QED) is 0.348. The van der Waals surface area contributed by atoms with E-state index < -0.39 is 0 Å². The van der Waals surface area contributed by atoms with Gasteiger partial charge in [-0.05, 0) is 19.4 Å². The van der Waals surface area contributed by atoms with E-state index in [2.05, 4.69) is 14.7 Å². The fraction of sp³-hybridized carbons (Fsp3) is 0.417. The van der Waals surface area contributed by atoms with Gasteiger partial charge < -0.3 is 4.74 Å². The maximum atomic E-state index is 11.3. The Morgan fingerprint density at radius 3 is 2.94 bits per heavy atom. The van der Waals surface area contributed by atoms with Crippen LogP contribution in [0.4, 0.5) is 0 Å². The minimum Gasteiger partial charge on any atom is -0.466 e. The number of ether oxygens (including phenoxy) is 1. The van der Waals surface area contributed by atoms with E-state index in [9.17, 15) is 4.79 Å². The van der Waals surface area contributed by atoms with E-state index in [1.54, 1.807) is 6.20 Å². The Balaban J connectivity index is 2.56. The highest BCUT2D eigenvalue weighted by molar-refractivity contribution is 7.99. The van der Waals surface area contributed by atoms with Gasteiger partial charge in [-0.1, -0.05) is 24.8 Å². The molecule has 1 aromatic rings. The molecular weight excluding hydrogens is 236 g/mol. The molecule has 5 heteroatoms. The summed E-state index contributed by atoms with van der Waals surface area (Å²) in [6.07, 6.45) is 4.26. The maximum absolute atomic E-state index is 11.3. The van der Waals surface area contributed by atoms with Gasteiger partial charge >= 0.3 is 5.97 Å². The highest BCUT2D eigenvalue weighted by Crippen LogP contribution is 2.14. The summed E-state index contributed by atoms with van der Waals surface area (Å²) in [5, 5.41) is 0.724. The lowest BCUT2D eigenvalue weighted by molar-refractivity contribution is -0.136. The van der Waals surface area contributed by atoms with Crippen molar-refractivity contribution >= 4 is 17.7 Å². The molecule has 0 aliphatic carbocycles. The molecule has 0 saturated carbocycles. The van der Waals surface area contributed by atoms with Gasteiger partial charge in [0.1, 0.15) is 0 Å². The lowest BCUT2D eigenvalue weighted by atomic mass is 10.2. The molecule has 0 atom stereocenters. The third-order valence-electron chi connectivity index (χ3n) is 2.14. The van der Waals surface area contributed by atoms with E-state index in [4.69, 9.17) is 0 Å². The molecule has 0 fully saturated rings. The van der Waals surface area contributed by atoms with Crippen molar-refractivity contribution < 1.29 is 9.53 Å². The standard InChI is InChI=1S/C12H16N2O2S/c1-4-10(11(15)16-3)6-8-17-12-13-7-5-9(2)14-12/h5-7H,4,8H2,1-3H3. The van der Waals surface area contributed by atoms with Crippen LogP contribution in [-0.4, -0.2) is 28.8 Å². The van der Waals surface area contributed by atoms with Gasteiger partial charge in [0.25, 0.3) is 0 Å². The SMILES string of the molecule is CCC(=CCSc1nccc(C)n1)C(=O)OC. The molecule has 0 unspecified atom stereocenters. The fourth-order valence-electron chi connectivity index (χ4n) is 1.22. The van der Waals surface area contributed by atoms with Gasteiger partial charge in [0.15, 0.2) is 5.16 Å². The molecule has 4 nitrogen and oxygen atoms in total. The first-order chi connectivity index (χ1) is 8.17. The largest absolute Gasteiger partial charge is 0.466 e. The van der Waals surface area contributed by atoms with Crippen molar-refractivity contribution in [3.63, 3.8) is 0 Å². The van der Waals surface area contributed by atoms with Gasteiger partial charge in [-0.3, -0.25) is 0 Å². The van der Waals surface area contributed by atoms with Crippen LogP contribution in [-0.2, 0) is 9.53 Å². The number of nitrogens with zero attached hydrogens (tertiary/aromatic N) is 2. The summed E-state index contributed by atoms with van der Waals surface area (Å²) in [6.45, 7) is 3.85. The van der Waals surface area contributed by atoms with Crippen molar-refractivity contribution in [3.05, 3.63) is 29.6 Å². The molecule has 17 heavy (non-hydrogen) atoms. The number of hydrogen-bond donors (Lipinski definition) is 0. The number of rotatable bonds is 5. The van der Waals surface area contributed by atoms with Crippen LogP contribution in [0, 0.1) is 6.92 Å². The van der Waals surface area contributed by atoms with E-state index in [0.717, 1.165) is 10.9 Å². The van der Waals surface area contributed by atoms with Crippen molar-refractivity contribution in [2.75, 3.05) is 12.9 Å². The number of aromatic nitrogens is 2. The smallest absolute Gasteiger partial charge is 0.333 e. The topological polar surface area (TPSA) is 52.1 Å². The molecule has 0 N–H and O–H groups in total. The summed E-state index contributed by atoms with van der Waals surface area (Å²) >= 11 is 1.50. The van der Waals surface area contributed by atoms with Crippen LogP contribution in [0.15, 0.2) is 29.1 Å². The van der Waals surface area contributed by atoms with Gasteiger partial charge in [0.05, 0.1) is 7.11 Å². The Labute approximate surface area is 105 Å². The third-order valence-corrected chi connectivity index (χ3v) is 2.93. The van der Waals surface area contributed by atoms with E-state index in [0.29, 0.717) is 17.7 Å². The van der Waals surface area contributed by atoms with Crippen molar-refractivity contribution in [1.29, 1.82) is 0 Å². The number of carbonyl (C=O) groups is 1. The summed E-state index contributed by atoms with van der Waals surface area (Å²) in [4.78, 5) is 19.7. The molecular formula is C12H16N2O2S. The fourth-order valence-corrected chi connectivity index (χ4v) is 1.99. The molecule has 0 aliphatic rings. The van der Waals surface area contributed by atoms with Crippen molar-refractivity contribution in [2.45, 2.75) is 25.4 Å². The average molecular weight is 252 g/mol. The number of methoxy groups -OCH3 is 1. The average Bonchev–Trinajstić information content (AvgIpc) is 2.34. The van der Waals surface area contributed by atoms with Crippen LogP contribution in [0.2, 0.25) is 0 Å². The van der Waals surface area contributed by atoms with Gasteiger partial charge in [-0.15, -0.1) is 0 Å². The Morgan fingerprint density at radius 1 is 1.59 bits per heavy atom. The number of hydrogen-bond acceptors (Lipinski definition) is 5. The Bertz CT molecular complexity index is 419. The lowest BCUT2D eigenvalue weighted by Gasteiger charge is -2.02. The first kappa shape index (κ1) is 13.7. The molecule has 0 amide bonds. The number of thioether (sulfide) groups is 1. The van der Waals surface area contributed by atoms with Gasteiger partial charge in [0, 0.05) is 23.2 Å². The minimum atomic E-state index is -0.265. The molecule has 0 aliphatic heterocycles. The van der Waals surface area contributed by atoms with Gasteiger partial charge in [-0.25, -0.2) is 14.8 Å². The van der Waals surface area contributed by atoms with Gasteiger partial charge in [0.2, 0.25) is 0 Å². The van der Waals surface area contributed by atoms with Crippen LogP contribution in [0.1, 0.15) is 19.0 Å². The number of carbonyl (C=O) groups excluding carboxylic acids is 1. The number of esters is 1. The Hall–Kier alpha value is -1.36. The van der Waals surface area contributed by atoms with Crippen LogP contribution in [0.25, 0.3) is 0 Å². The molecule has 92 valence electrons. The van der Waals surface area contributed by atoms with Crippen molar-refractivity contribution in [2.24, 2.45) is 0 Å². The molecule has 0 radical (unpaired) electrons. The van der Waals surface area contributed by atoms with Crippen LogP contribution < -0.4 is 0 Å². The molecule has 1 rings (SSSR count). The van der Waals surface area contributed by atoms with E-state index in [-0.39, 0.29) is 5.97 Å². The normalized spacial score (nSPS) is 11.4. The molecule has 0 saturated heterocycles. The first-order valence-corrected chi connectivity index (χ1v) is 6.35. The summed E-state index contributed by atoms with van der Waals surface area (Å²) in [6, 6.07) is 1.85. The first-order valence-electron chi connectivity index (χ1n) is 5.37. The molecule has 1 heterocycles. The van der Waals surface area contributed by atoms with E-state index >= 15 is 0 Å². The van der Waals surface area contributed by atoms with Gasteiger partial charge in [-0.2, -0.15) is 0 Å². The highest BCUT2D eigenvalue weighted by Gasteiger charge is 2.06. The molecule has 0 spiro atoms. The summed E-state index contributed by atoms with van der Waals surface area (Å²) in [5.74, 6) is 0.403. The Morgan fingerprint density at radius 2 is 2.35 bits per heavy atom.